The molecule has 0 heterocycles. The zero-order valence-electron chi connectivity index (χ0n) is 14.1. The van der Waals surface area contributed by atoms with Crippen LogP contribution < -0.4 is 14.2 Å². The molecule has 1 N–H and O–H groups in total. The topological polar surface area (TPSA) is 64.6 Å². The smallest absolute Gasteiger partial charge is 0.422 e. The Labute approximate surface area is 166 Å². The molecule has 0 unspecified atom stereocenters. The Morgan fingerprint density at radius 3 is 2.10 bits per heavy atom. The Hall–Kier alpha value is -2.34. The van der Waals surface area contributed by atoms with Crippen LogP contribution in [0.15, 0.2) is 47.4 Å². The van der Waals surface area contributed by atoms with Crippen molar-refractivity contribution in [3.05, 3.63) is 47.5 Å². The molecule has 29 heavy (non-hydrogen) atoms. The van der Waals surface area contributed by atoms with Crippen LogP contribution in [0, 0.1) is 0 Å². The summed E-state index contributed by atoms with van der Waals surface area (Å²) in [5, 5.41) is 0.168. The summed E-state index contributed by atoms with van der Waals surface area (Å²) in [7, 11) is -4.57. The van der Waals surface area contributed by atoms with Crippen LogP contribution in [-0.2, 0) is 10.0 Å². The average molecular weight is 464 g/mol. The Kier molecular flexibility index (Phi) is 6.78. The lowest BCUT2D eigenvalue weighted by atomic mass is 10.3. The maximum atomic E-state index is 12.6. The van der Waals surface area contributed by atoms with Gasteiger partial charge in [0.05, 0.1) is 5.69 Å². The van der Waals surface area contributed by atoms with Gasteiger partial charge in [0.25, 0.3) is 10.0 Å². The predicted molar refractivity (Wildman–Crippen MR) is 91.8 cm³/mol. The van der Waals surface area contributed by atoms with Crippen molar-refractivity contribution in [1.82, 2.24) is 0 Å². The first-order valence-corrected chi connectivity index (χ1v) is 9.43. The van der Waals surface area contributed by atoms with Gasteiger partial charge in [-0.1, -0.05) is 17.7 Å². The van der Waals surface area contributed by atoms with E-state index in [2.05, 4.69) is 14.2 Å². The molecule has 0 fully saturated rings. The molecule has 0 aliphatic carbocycles. The Morgan fingerprint density at radius 1 is 0.897 bits per heavy atom. The van der Waals surface area contributed by atoms with Crippen LogP contribution >= 0.6 is 11.6 Å². The van der Waals surface area contributed by atoms with Gasteiger partial charge in [-0.2, -0.15) is 26.3 Å². The van der Waals surface area contributed by atoms with E-state index in [9.17, 15) is 34.8 Å². The molecule has 0 aliphatic heterocycles. The van der Waals surface area contributed by atoms with E-state index in [0.29, 0.717) is 6.07 Å². The largest absolute Gasteiger partial charge is 0.484 e. The summed E-state index contributed by atoms with van der Waals surface area (Å²) in [6.45, 7) is -3.54. The lowest BCUT2D eigenvalue weighted by Gasteiger charge is -2.16. The fourth-order valence-corrected chi connectivity index (χ4v) is 3.39. The van der Waals surface area contributed by atoms with Crippen LogP contribution in [0.5, 0.6) is 11.5 Å². The lowest BCUT2D eigenvalue weighted by Crippen LogP contribution is -2.22. The second-order valence-corrected chi connectivity index (χ2v) is 7.62. The zero-order valence-corrected chi connectivity index (χ0v) is 15.7. The summed E-state index contributed by atoms with van der Waals surface area (Å²) in [5.74, 6) is -1.26. The number of halogens is 7. The fourth-order valence-electron chi connectivity index (χ4n) is 1.99. The number of benzene rings is 2. The molecule has 2 aromatic rings. The summed E-state index contributed by atoms with van der Waals surface area (Å²) < 4.78 is 111. The van der Waals surface area contributed by atoms with Gasteiger partial charge in [-0.05, 0) is 30.3 Å². The molecule has 0 atom stereocenters. The number of alkyl halides is 6. The SMILES string of the molecule is O=S(=O)(Nc1cccc(Cl)c1)c1cc(OCC(F)(F)F)ccc1OCC(F)(F)F. The van der Waals surface area contributed by atoms with E-state index in [-0.39, 0.29) is 10.7 Å². The summed E-state index contributed by atoms with van der Waals surface area (Å²) in [6, 6.07) is 7.64. The molecule has 0 spiro atoms. The third-order valence-corrected chi connectivity index (χ3v) is 4.71. The first-order chi connectivity index (χ1) is 13.3. The molecule has 160 valence electrons. The quantitative estimate of drug-likeness (QED) is 0.585. The van der Waals surface area contributed by atoms with E-state index >= 15 is 0 Å². The number of sulfonamides is 1. The van der Waals surface area contributed by atoms with Gasteiger partial charge in [-0.15, -0.1) is 0 Å². The van der Waals surface area contributed by atoms with Crippen LogP contribution in [0.25, 0.3) is 0 Å². The molecule has 0 saturated heterocycles. The first kappa shape index (κ1) is 22.9. The molecule has 0 amide bonds. The van der Waals surface area contributed by atoms with Gasteiger partial charge >= 0.3 is 12.4 Å². The molecule has 0 bridgehead atoms. The van der Waals surface area contributed by atoms with Crippen molar-refractivity contribution in [2.24, 2.45) is 0 Å². The molecule has 0 aliphatic rings. The highest BCUT2D eigenvalue weighted by Gasteiger charge is 2.31. The van der Waals surface area contributed by atoms with Crippen LogP contribution in [0.4, 0.5) is 32.0 Å². The molecular formula is C16H12ClF6NO4S. The van der Waals surface area contributed by atoms with Crippen molar-refractivity contribution < 1.29 is 44.2 Å². The minimum atomic E-state index is -4.77. The van der Waals surface area contributed by atoms with Crippen LogP contribution in [0.2, 0.25) is 5.02 Å². The van der Waals surface area contributed by atoms with Gasteiger partial charge in [-0.25, -0.2) is 8.42 Å². The normalized spacial score (nSPS) is 12.5. The Morgan fingerprint density at radius 2 is 1.52 bits per heavy atom. The van der Waals surface area contributed by atoms with Crippen molar-refractivity contribution in [2.45, 2.75) is 17.2 Å². The Bertz CT molecular complexity index is 963. The summed E-state index contributed by atoms with van der Waals surface area (Å²) >= 11 is 5.75. The molecule has 0 saturated carbocycles. The van der Waals surface area contributed by atoms with Crippen molar-refractivity contribution in [3.63, 3.8) is 0 Å². The Balaban J connectivity index is 2.39. The van der Waals surface area contributed by atoms with Crippen molar-refractivity contribution in [2.75, 3.05) is 17.9 Å². The first-order valence-electron chi connectivity index (χ1n) is 7.57. The number of nitrogens with one attached hydrogen (secondary N) is 1. The standard InChI is InChI=1S/C16H12ClF6NO4S/c17-10-2-1-3-11(6-10)24-29(25,26)14-7-12(27-8-15(18,19)20)4-5-13(14)28-9-16(21,22)23/h1-7,24H,8-9H2. The highest BCUT2D eigenvalue weighted by atomic mass is 35.5. The van der Waals surface area contributed by atoms with Gasteiger partial charge in [0.2, 0.25) is 0 Å². The number of rotatable bonds is 7. The molecule has 2 aromatic carbocycles. The molecule has 0 aromatic heterocycles. The van der Waals surface area contributed by atoms with Gasteiger partial charge < -0.3 is 9.47 Å². The van der Waals surface area contributed by atoms with Gasteiger partial charge in [-0.3, -0.25) is 4.72 Å². The average Bonchev–Trinajstić information content (AvgIpc) is 2.56. The fraction of sp³-hybridized carbons (Fsp3) is 0.250. The lowest BCUT2D eigenvalue weighted by molar-refractivity contribution is -0.154. The van der Waals surface area contributed by atoms with E-state index < -0.39 is 52.0 Å². The van der Waals surface area contributed by atoms with E-state index in [1.165, 1.54) is 24.3 Å². The zero-order chi connectivity index (χ0) is 21.9. The van der Waals surface area contributed by atoms with E-state index in [4.69, 9.17) is 11.6 Å². The minimum absolute atomic E-state index is 0.0270. The molecule has 13 heteroatoms. The number of hydrogen-bond donors (Lipinski definition) is 1. The van der Waals surface area contributed by atoms with Gasteiger partial charge in [0.1, 0.15) is 16.4 Å². The monoisotopic (exact) mass is 463 g/mol. The van der Waals surface area contributed by atoms with Crippen molar-refractivity contribution >= 4 is 27.3 Å². The van der Waals surface area contributed by atoms with Gasteiger partial charge in [0.15, 0.2) is 13.2 Å². The van der Waals surface area contributed by atoms with Crippen LogP contribution in [0.1, 0.15) is 0 Å². The van der Waals surface area contributed by atoms with E-state index in [1.807, 2.05) is 0 Å². The molecular weight excluding hydrogens is 452 g/mol. The molecule has 5 nitrogen and oxygen atoms in total. The highest BCUT2D eigenvalue weighted by Crippen LogP contribution is 2.32. The maximum Gasteiger partial charge on any atom is 0.422 e. The second-order valence-electron chi connectivity index (χ2n) is 5.53. The number of hydrogen-bond acceptors (Lipinski definition) is 4. The second kappa shape index (κ2) is 8.57. The summed E-state index contributed by atoms with van der Waals surface area (Å²) in [5.41, 5.74) is -0.0270. The minimum Gasteiger partial charge on any atom is -0.484 e. The van der Waals surface area contributed by atoms with Crippen molar-refractivity contribution in [1.29, 1.82) is 0 Å². The van der Waals surface area contributed by atoms with E-state index in [0.717, 1.165) is 12.1 Å². The summed E-state index contributed by atoms with van der Waals surface area (Å²) in [4.78, 5) is -0.846. The van der Waals surface area contributed by atoms with Crippen LogP contribution in [-0.4, -0.2) is 34.0 Å². The maximum absolute atomic E-state index is 12.6. The third kappa shape index (κ3) is 7.54. The van der Waals surface area contributed by atoms with Gasteiger partial charge in [0, 0.05) is 11.1 Å². The third-order valence-electron chi connectivity index (χ3n) is 3.08. The van der Waals surface area contributed by atoms with Crippen molar-refractivity contribution in [3.8, 4) is 11.5 Å². The number of anilines is 1. The highest BCUT2D eigenvalue weighted by molar-refractivity contribution is 7.92. The summed E-state index contributed by atoms with van der Waals surface area (Å²) in [6.07, 6.45) is -9.48. The molecule has 2 rings (SSSR count). The molecule has 0 radical (unpaired) electrons. The van der Waals surface area contributed by atoms with E-state index in [1.54, 1.807) is 0 Å². The number of ether oxygens (including phenoxy) is 2. The van der Waals surface area contributed by atoms with Crippen LogP contribution in [0.3, 0.4) is 0 Å². The predicted octanol–water partition coefficient (Wildman–Crippen LogP) is 5.02.